The van der Waals surface area contributed by atoms with Gasteiger partial charge in [0.15, 0.2) is 0 Å². The van der Waals surface area contributed by atoms with Gasteiger partial charge in [-0.1, -0.05) is 0 Å². The van der Waals surface area contributed by atoms with E-state index < -0.39 is 0 Å². The molecule has 1 fully saturated rings. The van der Waals surface area contributed by atoms with Crippen molar-refractivity contribution < 1.29 is 4.74 Å². The van der Waals surface area contributed by atoms with E-state index in [0.29, 0.717) is 6.10 Å². The molecule has 1 aliphatic rings. The van der Waals surface area contributed by atoms with Crippen LogP contribution in [0.4, 0.5) is 0 Å². The molecule has 0 aromatic carbocycles. The molecule has 0 bridgehead atoms. The first-order valence-corrected chi connectivity index (χ1v) is 4.96. The van der Waals surface area contributed by atoms with Gasteiger partial charge in [-0.05, 0) is 32.2 Å². The summed E-state index contributed by atoms with van der Waals surface area (Å²) in [5, 5.41) is 3.28. The van der Waals surface area contributed by atoms with Crippen molar-refractivity contribution in [3.63, 3.8) is 0 Å². The number of nitrogens with one attached hydrogen (secondary N) is 1. The molecule has 0 aromatic rings. The minimum atomic E-state index is 0.504. The second kappa shape index (κ2) is 6.40. The normalized spacial score (nSPS) is 24.2. The Bertz CT molecular complexity index is 103. The number of hydrogen-bond donors (Lipinski definition) is 2. The zero-order valence-corrected chi connectivity index (χ0v) is 7.72. The molecule has 1 rings (SSSR count). The first kappa shape index (κ1) is 9.96. The summed E-state index contributed by atoms with van der Waals surface area (Å²) in [7, 11) is 0. The summed E-state index contributed by atoms with van der Waals surface area (Å²) in [6.07, 6.45) is 5.46. The van der Waals surface area contributed by atoms with Gasteiger partial charge in [0, 0.05) is 19.7 Å². The van der Waals surface area contributed by atoms with Crippen LogP contribution >= 0.6 is 0 Å². The number of hydrogen-bond acceptors (Lipinski definition) is 3. The molecule has 0 saturated carbocycles. The van der Waals surface area contributed by atoms with Crippen molar-refractivity contribution in [1.82, 2.24) is 5.32 Å². The molecule has 72 valence electrons. The van der Waals surface area contributed by atoms with Gasteiger partial charge in [-0.15, -0.1) is 0 Å². The van der Waals surface area contributed by atoms with E-state index in [0.717, 1.165) is 32.7 Å². The van der Waals surface area contributed by atoms with Gasteiger partial charge in [0.05, 0.1) is 6.10 Å². The third kappa shape index (κ3) is 4.04. The highest BCUT2D eigenvalue weighted by Crippen LogP contribution is 2.14. The zero-order chi connectivity index (χ0) is 8.65. The molecule has 0 aromatic heterocycles. The highest BCUT2D eigenvalue weighted by atomic mass is 16.5. The molecule has 1 atom stereocenters. The van der Waals surface area contributed by atoms with Crippen LogP contribution in [0.5, 0.6) is 0 Å². The molecule has 12 heavy (non-hydrogen) atoms. The first-order valence-electron chi connectivity index (χ1n) is 4.96. The Morgan fingerprint density at radius 2 is 2.25 bits per heavy atom. The lowest BCUT2D eigenvalue weighted by Gasteiger charge is -2.22. The van der Waals surface area contributed by atoms with Crippen molar-refractivity contribution in [2.45, 2.75) is 31.8 Å². The molecule has 1 heterocycles. The SMILES string of the molecule is NCCNCCC1CCCCO1. The fourth-order valence-electron chi connectivity index (χ4n) is 1.53. The van der Waals surface area contributed by atoms with Gasteiger partial charge >= 0.3 is 0 Å². The van der Waals surface area contributed by atoms with Crippen molar-refractivity contribution in [3.8, 4) is 0 Å². The van der Waals surface area contributed by atoms with Crippen LogP contribution in [0.3, 0.4) is 0 Å². The van der Waals surface area contributed by atoms with E-state index in [2.05, 4.69) is 5.32 Å². The third-order valence-electron chi connectivity index (χ3n) is 2.24. The van der Waals surface area contributed by atoms with E-state index in [4.69, 9.17) is 10.5 Å². The highest BCUT2D eigenvalue weighted by Gasteiger charge is 2.12. The predicted molar refractivity (Wildman–Crippen MR) is 50.1 cm³/mol. The van der Waals surface area contributed by atoms with Crippen molar-refractivity contribution in [1.29, 1.82) is 0 Å². The standard InChI is InChI=1S/C9H20N2O/c10-5-7-11-6-4-9-3-1-2-8-12-9/h9,11H,1-8,10H2. The Morgan fingerprint density at radius 3 is 2.92 bits per heavy atom. The van der Waals surface area contributed by atoms with Gasteiger partial charge in [0.1, 0.15) is 0 Å². The first-order chi connectivity index (χ1) is 5.93. The van der Waals surface area contributed by atoms with Crippen molar-refractivity contribution in [2.75, 3.05) is 26.2 Å². The maximum atomic E-state index is 5.59. The molecule has 3 N–H and O–H groups in total. The van der Waals surface area contributed by atoms with Gasteiger partial charge in [-0.3, -0.25) is 0 Å². The van der Waals surface area contributed by atoms with Crippen LogP contribution in [-0.2, 0) is 4.74 Å². The summed E-state index contributed by atoms with van der Waals surface area (Å²) >= 11 is 0. The van der Waals surface area contributed by atoms with Gasteiger partial charge in [-0.25, -0.2) is 0 Å². The third-order valence-corrected chi connectivity index (χ3v) is 2.24. The van der Waals surface area contributed by atoms with Crippen LogP contribution in [0.2, 0.25) is 0 Å². The quantitative estimate of drug-likeness (QED) is 0.593. The summed E-state index contributed by atoms with van der Waals surface area (Å²) in [4.78, 5) is 0. The van der Waals surface area contributed by atoms with E-state index in [9.17, 15) is 0 Å². The monoisotopic (exact) mass is 172 g/mol. The molecule has 0 radical (unpaired) electrons. The molecule has 0 aliphatic carbocycles. The summed E-state index contributed by atoms with van der Waals surface area (Å²) < 4.78 is 5.59. The second-order valence-corrected chi connectivity index (χ2v) is 3.32. The Balaban J connectivity index is 1.91. The topological polar surface area (TPSA) is 47.3 Å². The fraction of sp³-hybridized carbons (Fsp3) is 1.00. The van der Waals surface area contributed by atoms with E-state index in [1.54, 1.807) is 0 Å². The summed E-state index contributed by atoms with van der Waals surface area (Å²) in [5.74, 6) is 0. The Morgan fingerprint density at radius 1 is 1.33 bits per heavy atom. The number of ether oxygens (including phenoxy) is 1. The minimum Gasteiger partial charge on any atom is -0.378 e. The number of nitrogens with two attached hydrogens (primary N) is 1. The van der Waals surface area contributed by atoms with Crippen LogP contribution in [0, 0.1) is 0 Å². The summed E-state index contributed by atoms with van der Waals surface area (Å²) in [5.41, 5.74) is 5.35. The smallest absolute Gasteiger partial charge is 0.0587 e. The molecule has 3 heteroatoms. The molecular formula is C9H20N2O. The van der Waals surface area contributed by atoms with Crippen molar-refractivity contribution in [3.05, 3.63) is 0 Å². The average molecular weight is 172 g/mol. The molecule has 0 amide bonds. The maximum Gasteiger partial charge on any atom is 0.0587 e. The van der Waals surface area contributed by atoms with Gasteiger partial charge in [0.25, 0.3) is 0 Å². The van der Waals surface area contributed by atoms with Crippen molar-refractivity contribution in [2.24, 2.45) is 5.73 Å². The van der Waals surface area contributed by atoms with Gasteiger partial charge in [-0.2, -0.15) is 0 Å². The maximum absolute atomic E-state index is 5.59. The molecule has 0 spiro atoms. The van der Waals surface area contributed by atoms with Crippen LogP contribution in [0.1, 0.15) is 25.7 Å². The van der Waals surface area contributed by atoms with E-state index in [1.165, 1.54) is 19.3 Å². The lowest BCUT2D eigenvalue weighted by atomic mass is 10.1. The Hall–Kier alpha value is -0.120. The summed E-state index contributed by atoms with van der Waals surface area (Å²) in [6, 6.07) is 0. The minimum absolute atomic E-state index is 0.504. The van der Waals surface area contributed by atoms with Gasteiger partial charge in [0.2, 0.25) is 0 Å². The predicted octanol–water partition coefficient (Wildman–Crippen LogP) is 0.494. The molecular weight excluding hydrogens is 152 g/mol. The zero-order valence-electron chi connectivity index (χ0n) is 7.72. The van der Waals surface area contributed by atoms with Crippen molar-refractivity contribution >= 4 is 0 Å². The number of rotatable bonds is 5. The van der Waals surface area contributed by atoms with E-state index in [-0.39, 0.29) is 0 Å². The lowest BCUT2D eigenvalue weighted by molar-refractivity contribution is 0.0116. The van der Waals surface area contributed by atoms with Crippen LogP contribution in [0.15, 0.2) is 0 Å². The average Bonchev–Trinajstić information content (AvgIpc) is 2.14. The summed E-state index contributed by atoms with van der Waals surface area (Å²) in [6.45, 7) is 3.65. The fourth-order valence-corrected chi connectivity index (χ4v) is 1.53. The highest BCUT2D eigenvalue weighted by molar-refractivity contribution is 4.64. The van der Waals surface area contributed by atoms with Gasteiger partial charge < -0.3 is 15.8 Å². The Kier molecular flexibility index (Phi) is 5.32. The largest absolute Gasteiger partial charge is 0.378 e. The van der Waals surface area contributed by atoms with Crippen LogP contribution < -0.4 is 11.1 Å². The molecule has 3 nitrogen and oxygen atoms in total. The lowest BCUT2D eigenvalue weighted by Crippen LogP contribution is -2.28. The van der Waals surface area contributed by atoms with E-state index in [1.807, 2.05) is 0 Å². The van der Waals surface area contributed by atoms with Crippen LogP contribution in [0.25, 0.3) is 0 Å². The molecule has 1 aliphatic heterocycles. The second-order valence-electron chi connectivity index (χ2n) is 3.32. The molecule has 1 saturated heterocycles. The van der Waals surface area contributed by atoms with Crippen LogP contribution in [-0.4, -0.2) is 32.3 Å². The molecule has 1 unspecified atom stereocenters. The Labute approximate surface area is 74.7 Å². The van der Waals surface area contributed by atoms with E-state index >= 15 is 0 Å².